The molecule has 3 rings (SSSR count). The molecule has 1 saturated heterocycles. The number of carbonyl (C=O) groups excluding carboxylic acids is 1. The molecule has 1 heterocycles. The van der Waals surface area contributed by atoms with Gasteiger partial charge in [-0.15, -0.1) is 0 Å². The van der Waals surface area contributed by atoms with Crippen LogP contribution in [-0.4, -0.2) is 75.1 Å². The lowest BCUT2D eigenvalue weighted by Crippen LogP contribution is -2.60. The molecule has 0 spiro atoms. The molecule has 1 atom stereocenters. The van der Waals surface area contributed by atoms with Crippen LogP contribution in [0.3, 0.4) is 0 Å². The minimum Gasteiger partial charge on any atom is -0.507 e. The van der Waals surface area contributed by atoms with E-state index < -0.39 is 36.5 Å². The zero-order valence-corrected chi connectivity index (χ0v) is 18.8. The van der Waals surface area contributed by atoms with Gasteiger partial charge in [0.1, 0.15) is 23.2 Å². The number of carboxylic acid groups (broad SMARTS) is 1. The Morgan fingerprint density at radius 2 is 1.88 bits per heavy atom. The minimum atomic E-state index is -1.56. The highest BCUT2D eigenvalue weighted by atomic mass is 32.2. The molecule has 0 bridgehead atoms. The third-order valence-corrected chi connectivity index (χ3v) is 6.42. The third-order valence-electron chi connectivity index (χ3n) is 5.29. The highest BCUT2D eigenvalue weighted by Gasteiger charge is 2.35. The maximum atomic E-state index is 12.5. The van der Waals surface area contributed by atoms with Crippen molar-refractivity contribution in [3.63, 3.8) is 0 Å². The van der Waals surface area contributed by atoms with Crippen molar-refractivity contribution in [1.82, 2.24) is 4.90 Å². The van der Waals surface area contributed by atoms with E-state index in [1.54, 1.807) is 16.7 Å². The van der Waals surface area contributed by atoms with Gasteiger partial charge >= 0.3 is 13.1 Å². The fourth-order valence-electron chi connectivity index (χ4n) is 3.46. The summed E-state index contributed by atoms with van der Waals surface area (Å²) < 4.78 is 5.72. The first-order valence-corrected chi connectivity index (χ1v) is 11.7. The summed E-state index contributed by atoms with van der Waals surface area (Å²) in [5, 5.41) is 37.8. The van der Waals surface area contributed by atoms with E-state index in [0.29, 0.717) is 5.75 Å². The number of aromatic hydroxyl groups is 1. The molecular formula is C22H27BN2O7S. The van der Waals surface area contributed by atoms with E-state index in [2.05, 4.69) is 0 Å². The number of rotatable bonds is 11. The highest BCUT2D eigenvalue weighted by molar-refractivity contribution is 7.98. The summed E-state index contributed by atoms with van der Waals surface area (Å²) in [5.41, 5.74) is 7.09. The summed E-state index contributed by atoms with van der Waals surface area (Å²) in [6, 6.07) is 12.2. The number of likely N-dealkylation sites (tertiary alicyclic amines) is 1. The molecule has 11 heteroatoms. The van der Waals surface area contributed by atoms with E-state index in [1.807, 2.05) is 30.3 Å². The second-order valence-electron chi connectivity index (χ2n) is 7.86. The predicted molar refractivity (Wildman–Crippen MR) is 125 cm³/mol. The SMILES string of the molecule is N[C@H](CSCc1ccccc1)C(=O)N1CC(Oc2ccc(CCB(O)O)c(O)c2C(=O)O)C1. The molecule has 1 fully saturated rings. The summed E-state index contributed by atoms with van der Waals surface area (Å²) in [6.07, 6.45) is -0.368. The van der Waals surface area contributed by atoms with Crippen LogP contribution in [0.2, 0.25) is 6.32 Å². The van der Waals surface area contributed by atoms with Gasteiger partial charge in [-0.25, -0.2) is 4.79 Å². The van der Waals surface area contributed by atoms with Gasteiger partial charge in [0, 0.05) is 11.5 Å². The summed E-state index contributed by atoms with van der Waals surface area (Å²) in [4.78, 5) is 25.8. The molecule has 0 saturated carbocycles. The van der Waals surface area contributed by atoms with Crippen molar-refractivity contribution in [2.75, 3.05) is 18.8 Å². The zero-order valence-electron chi connectivity index (χ0n) is 18.0. The molecular weight excluding hydrogens is 447 g/mol. The smallest absolute Gasteiger partial charge is 0.451 e. The standard InChI is InChI=1S/C22H27BN2O7S/c24-17(13-33-12-14-4-2-1-3-5-14)21(27)25-10-16(11-25)32-18-7-6-15(8-9-23(30)31)20(26)19(18)22(28)29/h1-7,16-17,26,30-31H,8-13,24H2,(H,28,29)/t17-/m1/s1. The van der Waals surface area contributed by atoms with E-state index in [9.17, 15) is 19.8 Å². The summed E-state index contributed by atoms with van der Waals surface area (Å²) >= 11 is 1.58. The number of amides is 1. The number of hydrogen-bond donors (Lipinski definition) is 5. The van der Waals surface area contributed by atoms with E-state index in [0.717, 1.165) is 11.3 Å². The molecule has 1 aliphatic rings. The van der Waals surface area contributed by atoms with Gasteiger partial charge in [0.15, 0.2) is 0 Å². The first kappa shape index (κ1) is 24.9. The molecule has 0 aliphatic carbocycles. The van der Waals surface area contributed by atoms with Gasteiger partial charge < -0.3 is 35.6 Å². The normalized spacial score (nSPS) is 14.5. The van der Waals surface area contributed by atoms with Crippen molar-refractivity contribution < 1.29 is 34.6 Å². The number of nitrogens with zero attached hydrogens (tertiary/aromatic N) is 1. The van der Waals surface area contributed by atoms with Crippen LogP contribution >= 0.6 is 11.8 Å². The van der Waals surface area contributed by atoms with Crippen molar-refractivity contribution in [2.45, 2.75) is 30.6 Å². The van der Waals surface area contributed by atoms with Crippen LogP contribution in [-0.2, 0) is 17.0 Å². The molecule has 33 heavy (non-hydrogen) atoms. The fraction of sp³-hybridized carbons (Fsp3) is 0.364. The Morgan fingerprint density at radius 1 is 1.18 bits per heavy atom. The number of nitrogens with two attached hydrogens (primary N) is 1. The maximum absolute atomic E-state index is 12.5. The number of thioether (sulfide) groups is 1. The molecule has 0 unspecified atom stereocenters. The number of ether oxygens (including phenoxy) is 1. The van der Waals surface area contributed by atoms with Crippen LogP contribution in [0.1, 0.15) is 21.5 Å². The summed E-state index contributed by atoms with van der Waals surface area (Å²) in [6.45, 7) is 0.544. The summed E-state index contributed by atoms with van der Waals surface area (Å²) in [7, 11) is -1.56. The number of carbonyl (C=O) groups is 2. The fourth-order valence-corrected chi connectivity index (χ4v) is 4.41. The highest BCUT2D eigenvalue weighted by Crippen LogP contribution is 2.34. The molecule has 0 radical (unpaired) electrons. The number of aromatic carboxylic acids is 1. The maximum Gasteiger partial charge on any atom is 0.451 e. The van der Waals surface area contributed by atoms with Gasteiger partial charge in [-0.3, -0.25) is 4.79 Å². The monoisotopic (exact) mass is 474 g/mol. The van der Waals surface area contributed by atoms with Gasteiger partial charge in [0.25, 0.3) is 0 Å². The second-order valence-corrected chi connectivity index (χ2v) is 8.89. The molecule has 6 N–H and O–H groups in total. The molecule has 176 valence electrons. The van der Waals surface area contributed by atoms with Crippen LogP contribution in [0.5, 0.6) is 11.5 Å². The molecule has 0 aromatic heterocycles. The molecule has 9 nitrogen and oxygen atoms in total. The van der Waals surface area contributed by atoms with Crippen LogP contribution in [0, 0.1) is 0 Å². The third kappa shape index (κ3) is 6.64. The number of phenols is 1. The van der Waals surface area contributed by atoms with Crippen molar-refractivity contribution in [3.05, 3.63) is 59.2 Å². The molecule has 1 amide bonds. The Morgan fingerprint density at radius 3 is 2.52 bits per heavy atom. The lowest BCUT2D eigenvalue weighted by molar-refractivity contribution is -0.140. The number of carboxylic acids is 1. The predicted octanol–water partition coefficient (Wildman–Crippen LogP) is 0.956. The van der Waals surface area contributed by atoms with Crippen molar-refractivity contribution in [3.8, 4) is 11.5 Å². The quantitative estimate of drug-likeness (QED) is 0.300. The zero-order chi connectivity index (χ0) is 24.0. The average molecular weight is 474 g/mol. The summed E-state index contributed by atoms with van der Waals surface area (Å²) in [5.74, 6) is -0.772. The molecule has 2 aromatic carbocycles. The van der Waals surface area contributed by atoms with Crippen molar-refractivity contribution in [2.24, 2.45) is 5.73 Å². The number of hydrogen-bond acceptors (Lipinski definition) is 8. The second kappa shape index (κ2) is 11.4. The topological polar surface area (TPSA) is 154 Å². The van der Waals surface area contributed by atoms with Crippen molar-refractivity contribution >= 4 is 30.8 Å². The first-order chi connectivity index (χ1) is 15.8. The van der Waals surface area contributed by atoms with E-state index in [4.69, 9.17) is 20.5 Å². The lowest BCUT2D eigenvalue weighted by Gasteiger charge is -2.40. The largest absolute Gasteiger partial charge is 0.507 e. The van der Waals surface area contributed by atoms with Gasteiger partial charge in [-0.2, -0.15) is 11.8 Å². The molecule has 1 aliphatic heterocycles. The lowest BCUT2D eigenvalue weighted by atomic mass is 9.82. The number of benzene rings is 2. The Labute approximate surface area is 196 Å². The number of aryl methyl sites for hydroxylation is 1. The Bertz CT molecular complexity index is 971. The molecule has 2 aromatic rings. The van der Waals surface area contributed by atoms with Crippen molar-refractivity contribution in [1.29, 1.82) is 0 Å². The van der Waals surface area contributed by atoms with Gasteiger partial charge in [-0.05, 0) is 29.9 Å². The van der Waals surface area contributed by atoms with Crippen LogP contribution in [0.4, 0.5) is 0 Å². The van der Waals surface area contributed by atoms with E-state index in [1.165, 1.54) is 12.1 Å². The average Bonchev–Trinajstić information content (AvgIpc) is 2.75. The van der Waals surface area contributed by atoms with Gasteiger partial charge in [-0.1, -0.05) is 36.4 Å². The minimum absolute atomic E-state index is 0.00638. The van der Waals surface area contributed by atoms with E-state index >= 15 is 0 Å². The Hall–Kier alpha value is -2.73. The Kier molecular flexibility index (Phi) is 8.62. The Balaban J connectivity index is 1.51. The first-order valence-electron chi connectivity index (χ1n) is 10.5. The van der Waals surface area contributed by atoms with Gasteiger partial charge in [0.05, 0.1) is 19.1 Å². The van der Waals surface area contributed by atoms with Crippen LogP contribution in [0.25, 0.3) is 0 Å². The van der Waals surface area contributed by atoms with E-state index in [-0.39, 0.29) is 43.1 Å². The van der Waals surface area contributed by atoms with Crippen LogP contribution in [0.15, 0.2) is 42.5 Å². The van der Waals surface area contributed by atoms with Gasteiger partial charge in [0.2, 0.25) is 5.91 Å². The van der Waals surface area contributed by atoms with Crippen LogP contribution < -0.4 is 10.5 Å².